The fourth-order valence-electron chi connectivity index (χ4n) is 3.14. The monoisotopic (exact) mass is 439 g/mol. The Bertz CT molecular complexity index is 952. The van der Waals surface area contributed by atoms with Gasteiger partial charge in [-0.3, -0.25) is 9.69 Å². The summed E-state index contributed by atoms with van der Waals surface area (Å²) >= 11 is 6.71. The lowest BCUT2D eigenvalue weighted by atomic mass is 10.0. The molecule has 1 fully saturated rings. The van der Waals surface area contributed by atoms with Gasteiger partial charge < -0.3 is 4.74 Å². The molecule has 156 valence electrons. The second kappa shape index (κ2) is 10.0. The van der Waals surface area contributed by atoms with E-state index in [4.69, 9.17) is 17.0 Å². The third-order valence-electron chi connectivity index (χ3n) is 4.77. The molecule has 1 atom stereocenters. The molecule has 0 saturated carbocycles. The minimum Gasteiger partial charge on any atom is -0.464 e. The van der Waals surface area contributed by atoms with Gasteiger partial charge >= 0.3 is 5.97 Å². The van der Waals surface area contributed by atoms with Crippen LogP contribution in [-0.4, -0.2) is 27.7 Å². The highest BCUT2D eigenvalue weighted by Gasteiger charge is 2.42. The molecule has 0 spiro atoms. The van der Waals surface area contributed by atoms with Crippen LogP contribution in [-0.2, 0) is 14.3 Å². The van der Waals surface area contributed by atoms with Crippen LogP contribution in [0.5, 0.6) is 0 Å². The van der Waals surface area contributed by atoms with Crippen LogP contribution in [0.25, 0.3) is 6.08 Å². The van der Waals surface area contributed by atoms with Crippen LogP contribution < -0.4 is 0 Å². The van der Waals surface area contributed by atoms with Crippen molar-refractivity contribution in [3.8, 4) is 0 Å². The van der Waals surface area contributed by atoms with Crippen molar-refractivity contribution in [1.29, 1.82) is 0 Å². The van der Waals surface area contributed by atoms with Crippen molar-refractivity contribution in [1.82, 2.24) is 4.90 Å². The molecule has 1 saturated heterocycles. The summed E-state index contributed by atoms with van der Waals surface area (Å²) in [5, 5.41) is 0. The molecule has 1 amide bonds. The van der Waals surface area contributed by atoms with Gasteiger partial charge in [-0.1, -0.05) is 99.3 Å². The average Bonchev–Trinajstić information content (AvgIpc) is 3.01. The molecule has 2 aromatic carbocycles. The zero-order valence-electron chi connectivity index (χ0n) is 17.3. The predicted molar refractivity (Wildman–Crippen MR) is 126 cm³/mol. The zero-order chi connectivity index (χ0) is 21.7. The molecule has 0 aliphatic carbocycles. The molecule has 1 unspecified atom stereocenters. The van der Waals surface area contributed by atoms with Crippen LogP contribution in [0.1, 0.15) is 55.8 Å². The second-order valence-electron chi connectivity index (χ2n) is 7.35. The number of carbonyl (C=O) groups excluding carboxylic acids is 2. The topological polar surface area (TPSA) is 46.6 Å². The fraction of sp³-hybridized carbons (Fsp3) is 0.292. The molecule has 3 rings (SSSR count). The number of benzene rings is 2. The van der Waals surface area contributed by atoms with Crippen LogP contribution in [0.4, 0.5) is 0 Å². The minimum absolute atomic E-state index is 0.278. The van der Waals surface area contributed by atoms with Crippen LogP contribution >= 0.6 is 24.0 Å². The predicted octanol–water partition coefficient (Wildman–Crippen LogP) is 5.71. The van der Waals surface area contributed by atoms with E-state index in [1.165, 1.54) is 22.2 Å². The molecule has 1 aliphatic rings. The van der Waals surface area contributed by atoms with E-state index >= 15 is 0 Å². The number of amides is 1. The molecule has 0 radical (unpaired) electrons. The van der Waals surface area contributed by atoms with Crippen molar-refractivity contribution in [2.75, 3.05) is 6.61 Å². The standard InChI is InChI=1S/C24H25NO3S2/c1-4-14-28-23(27)21(19-8-6-5-7-9-19)25-22(26)20(30-24(25)29)15-17-10-12-18(13-11-17)16(2)3/h5-13,15-16,21H,4,14H2,1-3H3/b20-15+. The highest BCUT2D eigenvalue weighted by Crippen LogP contribution is 2.38. The van der Waals surface area contributed by atoms with Crippen LogP contribution in [0.3, 0.4) is 0 Å². The number of carbonyl (C=O) groups is 2. The van der Waals surface area contributed by atoms with Crippen LogP contribution in [0.2, 0.25) is 0 Å². The molecule has 4 nitrogen and oxygen atoms in total. The number of thiocarbonyl (C=S) groups is 1. The zero-order valence-corrected chi connectivity index (χ0v) is 19.0. The summed E-state index contributed by atoms with van der Waals surface area (Å²) in [6.07, 6.45) is 2.53. The summed E-state index contributed by atoms with van der Waals surface area (Å²) in [5.74, 6) is -0.305. The Labute approximate surface area is 187 Å². The first-order valence-corrected chi connectivity index (χ1v) is 11.2. The molecule has 1 aliphatic heterocycles. The van der Waals surface area contributed by atoms with Gasteiger partial charge in [0, 0.05) is 0 Å². The smallest absolute Gasteiger partial charge is 0.333 e. The molecule has 0 bridgehead atoms. The van der Waals surface area contributed by atoms with Crippen molar-refractivity contribution in [3.05, 3.63) is 76.2 Å². The van der Waals surface area contributed by atoms with E-state index in [1.807, 2.05) is 55.5 Å². The van der Waals surface area contributed by atoms with Gasteiger partial charge in [0.2, 0.25) is 0 Å². The first-order chi connectivity index (χ1) is 14.4. The lowest BCUT2D eigenvalue weighted by molar-refractivity contribution is -0.151. The molecule has 30 heavy (non-hydrogen) atoms. The van der Waals surface area contributed by atoms with Gasteiger partial charge in [-0.15, -0.1) is 0 Å². The second-order valence-corrected chi connectivity index (χ2v) is 9.03. The molecule has 2 aromatic rings. The van der Waals surface area contributed by atoms with E-state index in [0.717, 1.165) is 5.56 Å². The molecule has 0 N–H and O–H groups in total. The number of hydrogen-bond acceptors (Lipinski definition) is 5. The summed E-state index contributed by atoms with van der Waals surface area (Å²) < 4.78 is 5.74. The van der Waals surface area contributed by atoms with Crippen molar-refractivity contribution in [2.24, 2.45) is 0 Å². The normalized spacial score (nSPS) is 16.4. The Balaban J connectivity index is 1.91. The van der Waals surface area contributed by atoms with Crippen molar-refractivity contribution < 1.29 is 14.3 Å². The number of esters is 1. The number of hydrogen-bond donors (Lipinski definition) is 0. The largest absolute Gasteiger partial charge is 0.464 e. The van der Waals surface area contributed by atoms with E-state index in [0.29, 0.717) is 33.7 Å². The first kappa shape index (κ1) is 22.2. The number of rotatable bonds is 7. The average molecular weight is 440 g/mol. The number of thioether (sulfide) groups is 1. The maximum absolute atomic E-state index is 13.2. The summed E-state index contributed by atoms with van der Waals surface area (Å²) in [6.45, 7) is 6.51. The van der Waals surface area contributed by atoms with Crippen molar-refractivity contribution in [3.63, 3.8) is 0 Å². The van der Waals surface area contributed by atoms with E-state index in [-0.39, 0.29) is 5.91 Å². The molecule has 6 heteroatoms. The van der Waals surface area contributed by atoms with E-state index in [2.05, 4.69) is 26.0 Å². The summed E-state index contributed by atoms with van der Waals surface area (Å²) in [7, 11) is 0. The molecular weight excluding hydrogens is 414 g/mol. The summed E-state index contributed by atoms with van der Waals surface area (Å²) in [6, 6.07) is 16.4. The Morgan fingerprint density at radius 1 is 1.10 bits per heavy atom. The third-order valence-corrected chi connectivity index (χ3v) is 6.10. The molecular formula is C24H25NO3S2. The summed E-state index contributed by atoms with van der Waals surface area (Å²) in [5.41, 5.74) is 2.84. The lowest BCUT2D eigenvalue weighted by Gasteiger charge is -2.25. The van der Waals surface area contributed by atoms with Gasteiger partial charge in [-0.2, -0.15) is 0 Å². The minimum atomic E-state index is -0.889. The van der Waals surface area contributed by atoms with Gasteiger partial charge in [0.05, 0.1) is 11.5 Å². The highest BCUT2D eigenvalue weighted by molar-refractivity contribution is 8.26. The highest BCUT2D eigenvalue weighted by atomic mass is 32.2. The Hall–Kier alpha value is -2.44. The van der Waals surface area contributed by atoms with Gasteiger partial charge in [0.15, 0.2) is 6.04 Å². The molecule has 0 aromatic heterocycles. The van der Waals surface area contributed by atoms with Crippen LogP contribution in [0.15, 0.2) is 59.5 Å². The van der Waals surface area contributed by atoms with Gasteiger partial charge in [-0.25, -0.2) is 4.79 Å². The maximum atomic E-state index is 13.2. The quantitative estimate of drug-likeness (QED) is 0.314. The van der Waals surface area contributed by atoms with Gasteiger partial charge in [-0.05, 0) is 35.1 Å². The third kappa shape index (κ3) is 4.99. The molecule has 1 heterocycles. The Morgan fingerprint density at radius 3 is 2.37 bits per heavy atom. The van der Waals surface area contributed by atoms with Crippen molar-refractivity contribution in [2.45, 2.75) is 39.2 Å². The van der Waals surface area contributed by atoms with E-state index in [9.17, 15) is 9.59 Å². The first-order valence-electron chi connectivity index (χ1n) is 10.0. The number of nitrogens with zero attached hydrogens (tertiary/aromatic N) is 1. The Kier molecular flexibility index (Phi) is 7.45. The number of ether oxygens (including phenoxy) is 1. The van der Waals surface area contributed by atoms with Gasteiger partial charge in [0.25, 0.3) is 5.91 Å². The Morgan fingerprint density at radius 2 is 1.77 bits per heavy atom. The van der Waals surface area contributed by atoms with Crippen LogP contribution in [0, 0.1) is 0 Å². The summed E-state index contributed by atoms with van der Waals surface area (Å²) in [4.78, 5) is 28.0. The fourth-order valence-corrected chi connectivity index (χ4v) is 4.45. The van der Waals surface area contributed by atoms with Gasteiger partial charge in [0.1, 0.15) is 4.32 Å². The van der Waals surface area contributed by atoms with E-state index in [1.54, 1.807) is 0 Å². The SMILES string of the molecule is CCCOC(=O)C(c1ccccc1)N1C(=O)/C(=C\c2ccc(C(C)C)cc2)SC1=S. The van der Waals surface area contributed by atoms with E-state index < -0.39 is 12.0 Å². The van der Waals surface area contributed by atoms with Crippen molar-refractivity contribution >= 4 is 46.3 Å². The lowest BCUT2D eigenvalue weighted by Crippen LogP contribution is -2.38. The maximum Gasteiger partial charge on any atom is 0.333 e.